The summed E-state index contributed by atoms with van der Waals surface area (Å²) in [4.78, 5) is 28.1. The number of hydrogen-bond donors (Lipinski definition) is 1. The zero-order valence-electron chi connectivity index (χ0n) is 20.9. The number of aliphatic hydroxyl groups excluding tert-OH is 1. The molecule has 3 aromatic rings. The Hall–Kier alpha value is -3.97. The SMILES string of the molecule is CCOc1ccc(Cl)c(/C(O)=C2\C(=O)C(=O)N(CCc3ccc(OC)c(OC)c3)C2c2ccccc2)c1. The minimum Gasteiger partial charge on any atom is -0.507 e. The van der Waals surface area contributed by atoms with Gasteiger partial charge in [-0.15, -0.1) is 0 Å². The van der Waals surface area contributed by atoms with Gasteiger partial charge in [0.05, 0.1) is 37.5 Å². The molecule has 0 aliphatic carbocycles. The number of ether oxygens (including phenoxy) is 3. The number of nitrogens with zero attached hydrogens (tertiary/aromatic N) is 1. The first-order valence-corrected chi connectivity index (χ1v) is 12.2. The van der Waals surface area contributed by atoms with Crippen molar-refractivity contribution in [3.05, 3.63) is 94.0 Å². The monoisotopic (exact) mass is 521 g/mol. The van der Waals surface area contributed by atoms with Crippen molar-refractivity contribution >= 4 is 29.1 Å². The molecule has 0 aromatic heterocycles. The molecule has 1 aliphatic heterocycles. The largest absolute Gasteiger partial charge is 0.507 e. The molecule has 1 fully saturated rings. The third-order valence-electron chi connectivity index (χ3n) is 6.25. The van der Waals surface area contributed by atoms with Gasteiger partial charge in [-0.2, -0.15) is 0 Å². The summed E-state index contributed by atoms with van der Waals surface area (Å²) in [7, 11) is 3.12. The van der Waals surface area contributed by atoms with Crippen LogP contribution >= 0.6 is 11.6 Å². The van der Waals surface area contributed by atoms with Gasteiger partial charge in [-0.05, 0) is 54.8 Å². The second kappa shape index (κ2) is 11.4. The summed E-state index contributed by atoms with van der Waals surface area (Å²) in [6.45, 7) is 2.50. The number of ketones is 1. The molecular formula is C29H28ClNO6. The fourth-order valence-electron chi connectivity index (χ4n) is 4.47. The molecule has 1 atom stereocenters. The summed E-state index contributed by atoms with van der Waals surface area (Å²) in [5.74, 6) is -0.128. The van der Waals surface area contributed by atoms with Crippen LogP contribution in [-0.4, -0.2) is 49.1 Å². The number of aliphatic hydroxyl groups is 1. The molecule has 4 rings (SSSR count). The Morgan fingerprint density at radius 3 is 2.38 bits per heavy atom. The highest BCUT2D eigenvalue weighted by Gasteiger charge is 2.46. The summed E-state index contributed by atoms with van der Waals surface area (Å²) >= 11 is 6.40. The van der Waals surface area contributed by atoms with E-state index in [1.165, 1.54) is 4.90 Å². The van der Waals surface area contributed by atoms with E-state index in [-0.39, 0.29) is 28.5 Å². The second-order valence-corrected chi connectivity index (χ2v) is 8.82. The van der Waals surface area contributed by atoms with Gasteiger partial charge in [0, 0.05) is 12.1 Å². The number of hydrogen-bond acceptors (Lipinski definition) is 6. The highest BCUT2D eigenvalue weighted by Crippen LogP contribution is 2.41. The fourth-order valence-corrected chi connectivity index (χ4v) is 4.67. The van der Waals surface area contributed by atoms with Crippen molar-refractivity contribution in [3.8, 4) is 17.2 Å². The second-order valence-electron chi connectivity index (χ2n) is 8.42. The lowest BCUT2D eigenvalue weighted by Crippen LogP contribution is -2.31. The van der Waals surface area contributed by atoms with Crippen LogP contribution in [0.3, 0.4) is 0 Å². The number of halogens is 1. The molecule has 0 radical (unpaired) electrons. The standard InChI is InChI=1S/C29H28ClNO6/c1-4-37-20-11-12-22(30)21(17-20)27(32)25-26(19-8-6-5-7-9-19)31(29(34)28(25)33)15-14-18-10-13-23(35-2)24(16-18)36-3/h5-13,16-17,26,32H,4,14-15H2,1-3H3/b27-25+. The maximum atomic E-state index is 13.3. The maximum absolute atomic E-state index is 13.3. The smallest absolute Gasteiger partial charge is 0.295 e. The molecule has 3 aromatic carbocycles. The van der Waals surface area contributed by atoms with Crippen LogP contribution in [0.4, 0.5) is 0 Å². The lowest BCUT2D eigenvalue weighted by atomic mass is 9.95. The Morgan fingerprint density at radius 2 is 1.70 bits per heavy atom. The average molecular weight is 522 g/mol. The van der Waals surface area contributed by atoms with Gasteiger partial charge in [0.15, 0.2) is 11.5 Å². The lowest BCUT2D eigenvalue weighted by Gasteiger charge is -2.25. The van der Waals surface area contributed by atoms with Gasteiger partial charge in [-0.25, -0.2) is 0 Å². The number of benzene rings is 3. The van der Waals surface area contributed by atoms with Crippen LogP contribution < -0.4 is 14.2 Å². The molecule has 7 nitrogen and oxygen atoms in total. The molecule has 1 saturated heterocycles. The number of carbonyl (C=O) groups is 2. The Morgan fingerprint density at radius 1 is 0.973 bits per heavy atom. The van der Waals surface area contributed by atoms with Crippen molar-refractivity contribution in [3.63, 3.8) is 0 Å². The predicted octanol–water partition coefficient (Wildman–Crippen LogP) is 5.42. The Labute approximate surface area is 220 Å². The minimum atomic E-state index is -0.784. The van der Waals surface area contributed by atoms with Gasteiger partial charge in [-0.1, -0.05) is 48.0 Å². The molecule has 37 heavy (non-hydrogen) atoms. The molecule has 192 valence electrons. The van der Waals surface area contributed by atoms with Gasteiger partial charge < -0.3 is 24.2 Å². The van der Waals surface area contributed by atoms with Crippen molar-refractivity contribution in [2.45, 2.75) is 19.4 Å². The minimum absolute atomic E-state index is 0.0148. The molecule has 1 heterocycles. The van der Waals surface area contributed by atoms with E-state index >= 15 is 0 Å². The van der Waals surface area contributed by atoms with Crippen LogP contribution in [0.15, 0.2) is 72.3 Å². The molecule has 0 bridgehead atoms. The van der Waals surface area contributed by atoms with Crippen molar-refractivity contribution in [1.29, 1.82) is 0 Å². The number of methoxy groups -OCH3 is 2. The van der Waals surface area contributed by atoms with Crippen LogP contribution in [0.5, 0.6) is 17.2 Å². The zero-order chi connectivity index (χ0) is 26.5. The normalized spacial score (nSPS) is 16.6. The molecule has 1 aliphatic rings. The number of Topliss-reactive ketones (excluding diaryl/α,β-unsaturated/α-hetero) is 1. The van der Waals surface area contributed by atoms with E-state index in [2.05, 4.69) is 0 Å². The van der Waals surface area contributed by atoms with Crippen molar-refractivity contribution in [2.75, 3.05) is 27.4 Å². The highest BCUT2D eigenvalue weighted by atomic mass is 35.5. The van der Waals surface area contributed by atoms with Gasteiger partial charge in [-0.3, -0.25) is 9.59 Å². The molecule has 1 N–H and O–H groups in total. The van der Waals surface area contributed by atoms with Crippen LogP contribution in [0.2, 0.25) is 5.02 Å². The number of rotatable bonds is 9. The molecule has 0 spiro atoms. The topological polar surface area (TPSA) is 85.3 Å². The Balaban J connectivity index is 1.75. The maximum Gasteiger partial charge on any atom is 0.295 e. The molecule has 8 heteroatoms. The molecule has 1 unspecified atom stereocenters. The van der Waals surface area contributed by atoms with Crippen LogP contribution in [0.1, 0.15) is 29.7 Å². The van der Waals surface area contributed by atoms with Gasteiger partial charge in [0.1, 0.15) is 11.5 Å². The molecule has 0 saturated carbocycles. The van der Waals surface area contributed by atoms with Crippen molar-refractivity contribution in [2.24, 2.45) is 0 Å². The lowest BCUT2D eigenvalue weighted by molar-refractivity contribution is -0.139. The van der Waals surface area contributed by atoms with Crippen LogP contribution in [-0.2, 0) is 16.0 Å². The number of carbonyl (C=O) groups excluding carboxylic acids is 2. The predicted molar refractivity (Wildman–Crippen MR) is 141 cm³/mol. The Kier molecular flexibility index (Phi) is 8.04. The summed E-state index contributed by atoms with van der Waals surface area (Å²) in [6, 6.07) is 18.7. The van der Waals surface area contributed by atoms with E-state index in [9.17, 15) is 14.7 Å². The highest BCUT2D eigenvalue weighted by molar-refractivity contribution is 6.47. The average Bonchev–Trinajstić information content (AvgIpc) is 3.18. The third-order valence-corrected chi connectivity index (χ3v) is 6.58. The molecular weight excluding hydrogens is 494 g/mol. The van der Waals surface area contributed by atoms with Crippen LogP contribution in [0, 0.1) is 0 Å². The van der Waals surface area contributed by atoms with Gasteiger partial charge in [0.2, 0.25) is 0 Å². The van der Waals surface area contributed by atoms with Gasteiger partial charge in [0.25, 0.3) is 11.7 Å². The quantitative estimate of drug-likeness (QED) is 0.230. The van der Waals surface area contributed by atoms with E-state index in [1.807, 2.05) is 49.4 Å². The van der Waals surface area contributed by atoms with Crippen molar-refractivity contribution < 1.29 is 28.9 Å². The van der Waals surface area contributed by atoms with E-state index in [0.717, 1.165) is 5.56 Å². The van der Waals surface area contributed by atoms with E-state index in [4.69, 9.17) is 25.8 Å². The summed E-state index contributed by atoms with van der Waals surface area (Å²) in [5.41, 5.74) is 1.82. The fraction of sp³-hybridized carbons (Fsp3) is 0.241. The van der Waals surface area contributed by atoms with Crippen LogP contribution in [0.25, 0.3) is 5.76 Å². The third kappa shape index (κ3) is 5.27. The van der Waals surface area contributed by atoms with Gasteiger partial charge >= 0.3 is 0 Å². The summed E-state index contributed by atoms with van der Waals surface area (Å²) < 4.78 is 16.2. The summed E-state index contributed by atoms with van der Waals surface area (Å²) in [5, 5.41) is 11.6. The molecule has 1 amide bonds. The van der Waals surface area contributed by atoms with E-state index in [0.29, 0.717) is 35.8 Å². The van der Waals surface area contributed by atoms with E-state index < -0.39 is 17.7 Å². The van der Waals surface area contributed by atoms with Crippen molar-refractivity contribution in [1.82, 2.24) is 4.90 Å². The first-order valence-electron chi connectivity index (χ1n) is 11.9. The zero-order valence-corrected chi connectivity index (χ0v) is 21.6. The Bertz CT molecular complexity index is 1340. The van der Waals surface area contributed by atoms with E-state index in [1.54, 1.807) is 38.5 Å². The number of likely N-dealkylation sites (tertiary alicyclic amines) is 1. The first-order chi connectivity index (χ1) is 17.9. The first kappa shape index (κ1) is 26.1. The number of amides is 1. The summed E-state index contributed by atoms with van der Waals surface area (Å²) in [6.07, 6.45) is 0.456.